The molecule has 0 radical (unpaired) electrons. The third kappa shape index (κ3) is 5.92. The smallest absolute Gasteiger partial charge is 0.247 e. The second kappa shape index (κ2) is 10.2. The van der Waals surface area contributed by atoms with E-state index in [9.17, 15) is 9.59 Å². The van der Waals surface area contributed by atoms with E-state index in [1.807, 2.05) is 103 Å². The molecule has 0 saturated carbocycles. The maximum absolute atomic E-state index is 13.2. The summed E-state index contributed by atoms with van der Waals surface area (Å²) in [6.45, 7) is 3.98. The third-order valence-electron chi connectivity index (χ3n) is 4.85. The Labute approximate surface area is 177 Å². The summed E-state index contributed by atoms with van der Waals surface area (Å²) in [7, 11) is 0. The first-order valence-corrected chi connectivity index (χ1v) is 9.98. The molecule has 0 aliphatic rings. The first kappa shape index (κ1) is 21.1. The molecule has 0 unspecified atom stereocenters. The standard InChI is InChI=1S/C26H26N2O2/c1-20(24-14-9-15-25(18-24)27-21(2)29)28(19-23-12-7-4-8-13-23)26(30)17-16-22-10-5-3-6-11-22/h3-18,20H,19H2,1-2H3,(H,27,29)/b17-16+/t20-/m1/s1. The van der Waals surface area contributed by atoms with E-state index >= 15 is 0 Å². The molecule has 0 aliphatic carbocycles. The van der Waals surface area contributed by atoms with Crippen molar-refractivity contribution in [3.8, 4) is 0 Å². The van der Waals surface area contributed by atoms with Gasteiger partial charge in [0, 0.05) is 25.2 Å². The molecular formula is C26H26N2O2. The van der Waals surface area contributed by atoms with Gasteiger partial charge in [-0.25, -0.2) is 0 Å². The van der Waals surface area contributed by atoms with Gasteiger partial charge in [0.05, 0.1) is 6.04 Å². The summed E-state index contributed by atoms with van der Waals surface area (Å²) in [6.07, 6.45) is 3.45. The van der Waals surface area contributed by atoms with Crippen molar-refractivity contribution < 1.29 is 9.59 Å². The van der Waals surface area contributed by atoms with Gasteiger partial charge in [-0.15, -0.1) is 0 Å². The average Bonchev–Trinajstić information content (AvgIpc) is 2.76. The number of hydrogen-bond donors (Lipinski definition) is 1. The first-order chi connectivity index (χ1) is 14.5. The highest BCUT2D eigenvalue weighted by atomic mass is 16.2. The summed E-state index contributed by atoms with van der Waals surface area (Å²) in [5.41, 5.74) is 3.71. The molecule has 0 bridgehead atoms. The second-order valence-electron chi connectivity index (χ2n) is 7.18. The number of carbonyl (C=O) groups is 2. The number of nitrogens with one attached hydrogen (secondary N) is 1. The van der Waals surface area contributed by atoms with Gasteiger partial charge in [-0.05, 0) is 41.8 Å². The van der Waals surface area contributed by atoms with Crippen molar-refractivity contribution in [2.45, 2.75) is 26.4 Å². The highest BCUT2D eigenvalue weighted by Gasteiger charge is 2.20. The quantitative estimate of drug-likeness (QED) is 0.538. The minimum atomic E-state index is -0.174. The fourth-order valence-electron chi connectivity index (χ4n) is 3.27. The summed E-state index contributed by atoms with van der Waals surface area (Å²) in [5.74, 6) is -0.192. The fraction of sp³-hybridized carbons (Fsp3) is 0.154. The lowest BCUT2D eigenvalue weighted by molar-refractivity contribution is -0.128. The predicted molar refractivity (Wildman–Crippen MR) is 122 cm³/mol. The number of rotatable bonds is 7. The summed E-state index contributed by atoms with van der Waals surface area (Å²) in [6, 6.07) is 27.2. The van der Waals surface area contributed by atoms with E-state index in [-0.39, 0.29) is 17.9 Å². The van der Waals surface area contributed by atoms with Crippen LogP contribution in [-0.2, 0) is 16.1 Å². The lowest BCUT2D eigenvalue weighted by Gasteiger charge is -2.29. The zero-order chi connectivity index (χ0) is 21.3. The van der Waals surface area contributed by atoms with Crippen LogP contribution in [0.4, 0.5) is 5.69 Å². The topological polar surface area (TPSA) is 49.4 Å². The lowest BCUT2D eigenvalue weighted by Crippen LogP contribution is -2.31. The molecule has 2 amide bonds. The zero-order valence-electron chi connectivity index (χ0n) is 17.3. The number of amides is 2. The molecule has 0 fully saturated rings. The first-order valence-electron chi connectivity index (χ1n) is 9.98. The van der Waals surface area contributed by atoms with E-state index in [0.29, 0.717) is 6.54 Å². The van der Waals surface area contributed by atoms with Gasteiger partial charge < -0.3 is 10.2 Å². The molecule has 0 saturated heterocycles. The molecule has 1 atom stereocenters. The number of carbonyl (C=O) groups excluding carboxylic acids is 2. The molecule has 4 heteroatoms. The van der Waals surface area contributed by atoms with E-state index in [2.05, 4.69) is 5.32 Å². The van der Waals surface area contributed by atoms with Crippen molar-refractivity contribution in [3.05, 3.63) is 108 Å². The number of hydrogen-bond acceptors (Lipinski definition) is 2. The van der Waals surface area contributed by atoms with Crippen LogP contribution >= 0.6 is 0 Å². The van der Waals surface area contributed by atoms with E-state index in [4.69, 9.17) is 0 Å². The predicted octanol–water partition coefficient (Wildman–Crippen LogP) is 5.45. The third-order valence-corrected chi connectivity index (χ3v) is 4.85. The van der Waals surface area contributed by atoms with Crippen LogP contribution in [0.1, 0.15) is 36.6 Å². The van der Waals surface area contributed by atoms with Crippen LogP contribution in [0.15, 0.2) is 91.0 Å². The van der Waals surface area contributed by atoms with Gasteiger partial charge in [0.25, 0.3) is 0 Å². The Hall–Kier alpha value is -3.66. The Kier molecular flexibility index (Phi) is 7.17. The Balaban J connectivity index is 1.87. The monoisotopic (exact) mass is 398 g/mol. The molecule has 4 nitrogen and oxygen atoms in total. The SMILES string of the molecule is CC(=O)Nc1cccc([C@@H](C)N(Cc2ccccc2)C(=O)/C=C/c2ccccc2)c1. The van der Waals surface area contributed by atoms with Crippen LogP contribution < -0.4 is 5.32 Å². The summed E-state index contributed by atoms with van der Waals surface area (Å²) >= 11 is 0. The molecule has 0 aliphatic heterocycles. The van der Waals surface area contributed by atoms with Gasteiger partial charge in [-0.2, -0.15) is 0 Å². The van der Waals surface area contributed by atoms with Crippen molar-refractivity contribution in [3.63, 3.8) is 0 Å². The molecule has 1 N–H and O–H groups in total. The minimum absolute atomic E-state index is 0.0693. The number of nitrogens with zero attached hydrogens (tertiary/aromatic N) is 1. The maximum atomic E-state index is 13.2. The summed E-state index contributed by atoms with van der Waals surface area (Å²) in [4.78, 5) is 26.4. The van der Waals surface area contributed by atoms with Crippen LogP contribution in [0, 0.1) is 0 Å². The van der Waals surface area contributed by atoms with E-state index in [1.165, 1.54) is 6.92 Å². The van der Waals surface area contributed by atoms with E-state index in [0.717, 1.165) is 22.4 Å². The van der Waals surface area contributed by atoms with Gasteiger partial charge in [0.2, 0.25) is 11.8 Å². The minimum Gasteiger partial charge on any atom is -0.328 e. The molecule has 0 heterocycles. The highest BCUT2D eigenvalue weighted by Crippen LogP contribution is 2.25. The average molecular weight is 399 g/mol. The Morgan fingerprint density at radius 2 is 1.60 bits per heavy atom. The van der Waals surface area contributed by atoms with Gasteiger partial charge in [-0.1, -0.05) is 72.8 Å². The molecular weight excluding hydrogens is 372 g/mol. The van der Waals surface area contributed by atoms with Crippen molar-refractivity contribution in [1.82, 2.24) is 4.90 Å². The molecule has 30 heavy (non-hydrogen) atoms. The fourth-order valence-corrected chi connectivity index (χ4v) is 3.27. The molecule has 0 aromatic heterocycles. The second-order valence-corrected chi connectivity index (χ2v) is 7.18. The van der Waals surface area contributed by atoms with Gasteiger partial charge in [0.1, 0.15) is 0 Å². The summed E-state index contributed by atoms with van der Waals surface area (Å²) in [5, 5.41) is 2.81. The largest absolute Gasteiger partial charge is 0.328 e. The Morgan fingerprint density at radius 3 is 2.27 bits per heavy atom. The van der Waals surface area contributed by atoms with Gasteiger partial charge in [0.15, 0.2) is 0 Å². The van der Waals surface area contributed by atoms with Gasteiger partial charge in [-0.3, -0.25) is 9.59 Å². The zero-order valence-corrected chi connectivity index (χ0v) is 17.3. The molecule has 0 spiro atoms. The van der Waals surface area contributed by atoms with Crippen molar-refractivity contribution in [1.29, 1.82) is 0 Å². The van der Waals surface area contributed by atoms with Crippen LogP contribution in [0.25, 0.3) is 6.08 Å². The van der Waals surface area contributed by atoms with E-state index < -0.39 is 0 Å². The number of benzene rings is 3. The maximum Gasteiger partial charge on any atom is 0.247 e. The van der Waals surface area contributed by atoms with Crippen molar-refractivity contribution in [2.75, 3.05) is 5.32 Å². The van der Waals surface area contributed by atoms with Crippen LogP contribution in [0.2, 0.25) is 0 Å². The molecule has 3 aromatic carbocycles. The summed E-state index contributed by atoms with van der Waals surface area (Å²) < 4.78 is 0. The lowest BCUT2D eigenvalue weighted by atomic mass is 10.0. The van der Waals surface area contributed by atoms with Crippen LogP contribution in [0.3, 0.4) is 0 Å². The normalized spacial score (nSPS) is 11.8. The van der Waals surface area contributed by atoms with Crippen LogP contribution in [-0.4, -0.2) is 16.7 Å². The molecule has 3 rings (SSSR count). The molecule has 152 valence electrons. The van der Waals surface area contributed by atoms with Gasteiger partial charge >= 0.3 is 0 Å². The van der Waals surface area contributed by atoms with E-state index in [1.54, 1.807) is 6.08 Å². The Morgan fingerprint density at radius 1 is 0.933 bits per heavy atom. The van der Waals surface area contributed by atoms with Crippen LogP contribution in [0.5, 0.6) is 0 Å². The highest BCUT2D eigenvalue weighted by molar-refractivity contribution is 5.92. The molecule has 3 aromatic rings. The van der Waals surface area contributed by atoms with Crippen molar-refractivity contribution in [2.24, 2.45) is 0 Å². The Bertz CT molecular complexity index is 1010. The number of anilines is 1. The van der Waals surface area contributed by atoms with Crippen molar-refractivity contribution >= 4 is 23.6 Å².